The summed E-state index contributed by atoms with van der Waals surface area (Å²) in [5.74, 6) is 2.53. The summed E-state index contributed by atoms with van der Waals surface area (Å²) in [6.07, 6.45) is 0. The first-order chi connectivity index (χ1) is 16.3. The molecule has 5 aromatic carbocycles. The second-order valence-corrected chi connectivity index (χ2v) is 7.83. The predicted octanol–water partition coefficient (Wildman–Crippen LogP) is 7.82. The van der Waals surface area contributed by atoms with Crippen molar-refractivity contribution in [3.05, 3.63) is 132 Å². The average Bonchev–Trinajstić information content (AvgIpc) is 2.88. The van der Waals surface area contributed by atoms with Crippen LogP contribution in [0.25, 0.3) is 10.8 Å². The molecule has 162 valence electrons. The van der Waals surface area contributed by atoms with E-state index in [1.807, 2.05) is 72.8 Å². The highest BCUT2D eigenvalue weighted by atomic mass is 16.5. The summed E-state index contributed by atoms with van der Waals surface area (Å²) in [6, 6.07) is 40.7. The minimum absolute atomic E-state index is 0.539. The smallest absolute Gasteiger partial charge is 0.127 e. The van der Waals surface area contributed by atoms with Crippen LogP contribution >= 0.6 is 0 Å². The lowest BCUT2D eigenvalue weighted by Crippen LogP contribution is -2.04. The number of rotatable bonds is 8. The van der Waals surface area contributed by atoms with Gasteiger partial charge < -0.3 is 14.8 Å². The molecule has 0 aromatic heterocycles. The van der Waals surface area contributed by atoms with E-state index in [-0.39, 0.29) is 0 Å². The van der Waals surface area contributed by atoms with Gasteiger partial charge in [-0.1, -0.05) is 78.9 Å². The lowest BCUT2D eigenvalue weighted by Gasteiger charge is -2.16. The van der Waals surface area contributed by atoms with E-state index in [0.29, 0.717) is 13.2 Å². The van der Waals surface area contributed by atoms with Crippen LogP contribution in [0.2, 0.25) is 0 Å². The first kappa shape index (κ1) is 20.7. The summed E-state index contributed by atoms with van der Waals surface area (Å²) >= 11 is 0. The van der Waals surface area contributed by atoms with Crippen molar-refractivity contribution < 1.29 is 9.47 Å². The third kappa shape index (κ3) is 5.16. The molecule has 3 nitrogen and oxygen atoms in total. The summed E-state index contributed by atoms with van der Waals surface area (Å²) in [6.45, 7) is 1.20. The summed E-state index contributed by atoms with van der Waals surface area (Å²) in [4.78, 5) is 0. The first-order valence-corrected chi connectivity index (χ1v) is 11.1. The molecule has 0 heterocycles. The number of hydrogen-bond acceptors (Lipinski definition) is 3. The van der Waals surface area contributed by atoms with Crippen molar-refractivity contribution in [2.45, 2.75) is 13.2 Å². The first-order valence-electron chi connectivity index (χ1n) is 11.1. The quantitative estimate of drug-likeness (QED) is 0.272. The molecule has 0 radical (unpaired) electrons. The van der Waals surface area contributed by atoms with Gasteiger partial charge in [-0.2, -0.15) is 0 Å². The maximum Gasteiger partial charge on any atom is 0.127 e. The number of hydrogen-bond donors (Lipinski definition) is 1. The third-order valence-electron chi connectivity index (χ3n) is 5.54. The largest absolute Gasteiger partial charge is 0.489 e. The summed E-state index contributed by atoms with van der Waals surface area (Å²) in [7, 11) is 0. The van der Waals surface area contributed by atoms with Crippen LogP contribution in [0.4, 0.5) is 5.69 Å². The van der Waals surface area contributed by atoms with Crippen molar-refractivity contribution in [1.82, 2.24) is 0 Å². The molecular weight excluding hydrogens is 406 g/mol. The molecule has 5 aromatic rings. The molecule has 1 N–H and O–H groups in total. The van der Waals surface area contributed by atoms with E-state index < -0.39 is 0 Å². The van der Waals surface area contributed by atoms with Gasteiger partial charge in [0.15, 0.2) is 0 Å². The molecule has 5 rings (SSSR count). The fourth-order valence-electron chi connectivity index (χ4n) is 3.82. The van der Waals surface area contributed by atoms with E-state index >= 15 is 0 Å². The van der Waals surface area contributed by atoms with Gasteiger partial charge in [-0.15, -0.1) is 0 Å². The fraction of sp³-hybridized carbons (Fsp3) is 0.0667. The van der Waals surface area contributed by atoms with Gasteiger partial charge >= 0.3 is 0 Å². The molecule has 0 aliphatic heterocycles. The average molecular weight is 432 g/mol. The summed E-state index contributed by atoms with van der Waals surface area (Å²) in [5.41, 5.74) is 3.32. The van der Waals surface area contributed by atoms with Crippen LogP contribution in [0.15, 0.2) is 121 Å². The summed E-state index contributed by atoms with van der Waals surface area (Å²) in [5, 5.41) is 5.94. The Morgan fingerprint density at radius 1 is 0.576 bits per heavy atom. The van der Waals surface area contributed by atoms with Crippen LogP contribution in [0.5, 0.6) is 17.2 Å². The Kier molecular flexibility index (Phi) is 6.21. The van der Waals surface area contributed by atoms with Crippen LogP contribution in [0.3, 0.4) is 0 Å². The zero-order valence-electron chi connectivity index (χ0n) is 18.3. The zero-order chi connectivity index (χ0) is 22.3. The van der Waals surface area contributed by atoms with Crippen LogP contribution < -0.4 is 14.8 Å². The maximum absolute atomic E-state index is 6.25. The van der Waals surface area contributed by atoms with Crippen molar-refractivity contribution >= 4 is 16.5 Å². The van der Waals surface area contributed by atoms with E-state index in [1.54, 1.807) is 0 Å². The Bertz CT molecular complexity index is 1320. The standard InChI is InChI=1S/C30H25NO2/c1-3-9-23(10-4-1)22-32-30-20-15-24-11-7-8-14-28(24)29(30)21-31-25-16-18-27(19-17-25)33-26-12-5-2-6-13-26/h1-20,31H,21-22H2. The Morgan fingerprint density at radius 3 is 2.03 bits per heavy atom. The van der Waals surface area contributed by atoms with Gasteiger partial charge in [0.05, 0.1) is 0 Å². The normalized spacial score (nSPS) is 10.7. The van der Waals surface area contributed by atoms with Gasteiger partial charge in [-0.05, 0) is 58.8 Å². The van der Waals surface area contributed by atoms with E-state index in [1.165, 1.54) is 10.8 Å². The van der Waals surface area contributed by atoms with Crippen LogP contribution in [-0.4, -0.2) is 0 Å². The molecule has 0 fully saturated rings. The van der Waals surface area contributed by atoms with Crippen molar-refractivity contribution in [1.29, 1.82) is 0 Å². The fourth-order valence-corrected chi connectivity index (χ4v) is 3.82. The second kappa shape index (κ2) is 9.92. The van der Waals surface area contributed by atoms with Crippen molar-refractivity contribution in [3.63, 3.8) is 0 Å². The minimum Gasteiger partial charge on any atom is -0.489 e. The van der Waals surface area contributed by atoms with E-state index in [9.17, 15) is 0 Å². The van der Waals surface area contributed by atoms with Gasteiger partial charge in [-0.25, -0.2) is 0 Å². The number of para-hydroxylation sites is 1. The topological polar surface area (TPSA) is 30.5 Å². The number of anilines is 1. The van der Waals surface area contributed by atoms with Gasteiger partial charge in [0.1, 0.15) is 23.9 Å². The molecule has 0 unspecified atom stereocenters. The van der Waals surface area contributed by atoms with E-state index in [4.69, 9.17) is 9.47 Å². The molecule has 0 spiro atoms. The minimum atomic E-state index is 0.539. The molecular formula is C30H25NO2. The molecule has 0 bridgehead atoms. The molecule has 0 amide bonds. The number of benzene rings is 5. The van der Waals surface area contributed by atoms with Crippen LogP contribution in [-0.2, 0) is 13.2 Å². The number of fused-ring (bicyclic) bond motifs is 1. The molecule has 0 aliphatic rings. The third-order valence-corrected chi connectivity index (χ3v) is 5.54. The van der Waals surface area contributed by atoms with Crippen molar-refractivity contribution in [2.24, 2.45) is 0 Å². The molecule has 0 saturated carbocycles. The highest BCUT2D eigenvalue weighted by Crippen LogP contribution is 2.30. The monoisotopic (exact) mass is 431 g/mol. The Balaban J connectivity index is 1.33. The zero-order valence-corrected chi connectivity index (χ0v) is 18.3. The van der Waals surface area contributed by atoms with Crippen LogP contribution in [0, 0.1) is 0 Å². The number of nitrogens with one attached hydrogen (secondary N) is 1. The highest BCUT2D eigenvalue weighted by molar-refractivity contribution is 5.88. The lowest BCUT2D eigenvalue weighted by molar-refractivity contribution is 0.304. The molecule has 0 atom stereocenters. The molecule has 0 saturated heterocycles. The SMILES string of the molecule is c1ccc(COc2ccc3ccccc3c2CNc2ccc(Oc3ccccc3)cc2)cc1. The highest BCUT2D eigenvalue weighted by Gasteiger charge is 2.10. The Labute approximate surface area is 194 Å². The van der Waals surface area contributed by atoms with Crippen molar-refractivity contribution in [3.8, 4) is 17.2 Å². The molecule has 33 heavy (non-hydrogen) atoms. The second-order valence-electron chi connectivity index (χ2n) is 7.83. The summed E-state index contributed by atoms with van der Waals surface area (Å²) < 4.78 is 12.1. The van der Waals surface area contributed by atoms with Gasteiger partial charge in [0, 0.05) is 17.8 Å². The maximum atomic E-state index is 6.25. The Morgan fingerprint density at radius 2 is 1.24 bits per heavy atom. The number of ether oxygens (including phenoxy) is 2. The van der Waals surface area contributed by atoms with Gasteiger partial charge in [0.2, 0.25) is 0 Å². The van der Waals surface area contributed by atoms with E-state index in [2.05, 4.69) is 53.8 Å². The molecule has 0 aliphatic carbocycles. The van der Waals surface area contributed by atoms with Crippen molar-refractivity contribution in [2.75, 3.05) is 5.32 Å². The van der Waals surface area contributed by atoms with Gasteiger partial charge in [0.25, 0.3) is 0 Å². The van der Waals surface area contributed by atoms with Crippen LogP contribution in [0.1, 0.15) is 11.1 Å². The molecule has 3 heteroatoms. The van der Waals surface area contributed by atoms with E-state index in [0.717, 1.165) is 34.1 Å². The van der Waals surface area contributed by atoms with Gasteiger partial charge in [-0.3, -0.25) is 0 Å². The lowest BCUT2D eigenvalue weighted by atomic mass is 10.0. The predicted molar refractivity (Wildman–Crippen MR) is 135 cm³/mol. The Hall–Kier alpha value is -4.24.